The third kappa shape index (κ3) is 4.64. The number of carbonyl (C=O) groups is 3. The molecule has 5 N–H and O–H groups in total. The van der Waals surface area contributed by atoms with Crippen LogP contribution in [-0.2, 0) is 0 Å². The lowest BCUT2D eigenvalue weighted by molar-refractivity contribution is 0.0846. The number of benzene rings is 3. The van der Waals surface area contributed by atoms with Gasteiger partial charge >= 0.3 is 0 Å². The molecule has 0 aliphatic rings. The van der Waals surface area contributed by atoms with Crippen LogP contribution in [0.4, 0.5) is 14.5 Å². The Morgan fingerprint density at radius 3 is 2.15 bits per heavy atom. The van der Waals surface area contributed by atoms with Crippen molar-refractivity contribution in [2.75, 3.05) is 5.32 Å². The third-order valence-corrected chi connectivity index (χ3v) is 4.75. The first-order valence-corrected chi connectivity index (χ1v) is 9.59. The van der Waals surface area contributed by atoms with Crippen LogP contribution in [0.2, 0.25) is 0 Å². The second-order valence-electron chi connectivity index (χ2n) is 7.00. The van der Waals surface area contributed by atoms with E-state index in [2.05, 4.69) is 21.2 Å². The van der Waals surface area contributed by atoms with Crippen molar-refractivity contribution in [2.24, 2.45) is 0 Å². The number of carbonyl (C=O) groups excluding carboxylic acids is 3. The van der Waals surface area contributed by atoms with Crippen molar-refractivity contribution in [1.82, 2.24) is 15.8 Å². The van der Waals surface area contributed by atoms with Crippen LogP contribution < -0.4 is 16.2 Å². The van der Waals surface area contributed by atoms with Crippen LogP contribution in [0.3, 0.4) is 0 Å². The van der Waals surface area contributed by atoms with E-state index in [-0.39, 0.29) is 16.8 Å². The number of fused-ring (bicyclic) bond motifs is 1. The van der Waals surface area contributed by atoms with Crippen LogP contribution in [0.15, 0.2) is 66.9 Å². The second kappa shape index (κ2) is 8.79. The normalized spacial score (nSPS) is 10.6. The number of hydrogen-bond donors (Lipinski definition) is 5. The van der Waals surface area contributed by atoms with E-state index in [1.165, 1.54) is 18.3 Å². The number of aromatic amines is 1. The summed E-state index contributed by atoms with van der Waals surface area (Å²) >= 11 is 0. The van der Waals surface area contributed by atoms with E-state index in [1.807, 2.05) is 6.07 Å². The highest BCUT2D eigenvalue weighted by atomic mass is 19.1. The quantitative estimate of drug-likeness (QED) is 0.306. The number of anilines is 1. The smallest absolute Gasteiger partial charge is 0.273 e. The predicted octanol–water partition coefficient (Wildman–Crippen LogP) is 3.48. The number of phenols is 1. The van der Waals surface area contributed by atoms with Gasteiger partial charge in [-0.15, -0.1) is 0 Å². The molecule has 4 aromatic rings. The maximum absolute atomic E-state index is 13.3. The van der Waals surface area contributed by atoms with Gasteiger partial charge in [-0.3, -0.25) is 25.2 Å². The summed E-state index contributed by atoms with van der Waals surface area (Å²) in [6.45, 7) is 0. The van der Waals surface area contributed by atoms with E-state index in [9.17, 15) is 28.3 Å². The molecular weight excluding hydrogens is 434 g/mol. The number of rotatable bonds is 4. The summed E-state index contributed by atoms with van der Waals surface area (Å²) in [6, 6.07) is 13.1. The van der Waals surface area contributed by atoms with Crippen LogP contribution in [0.25, 0.3) is 10.9 Å². The predicted molar refractivity (Wildman–Crippen MR) is 116 cm³/mol. The third-order valence-electron chi connectivity index (χ3n) is 4.75. The van der Waals surface area contributed by atoms with E-state index >= 15 is 0 Å². The molecule has 0 aliphatic heterocycles. The number of para-hydroxylation sites is 1. The average Bonchev–Trinajstić information content (AvgIpc) is 3.21. The molecule has 0 saturated heterocycles. The zero-order valence-electron chi connectivity index (χ0n) is 16.8. The molecule has 166 valence electrons. The molecule has 3 aromatic carbocycles. The zero-order chi connectivity index (χ0) is 23.5. The van der Waals surface area contributed by atoms with Gasteiger partial charge in [0.25, 0.3) is 17.7 Å². The number of hydrazine groups is 1. The van der Waals surface area contributed by atoms with Crippen molar-refractivity contribution < 1.29 is 28.3 Å². The summed E-state index contributed by atoms with van der Waals surface area (Å²) in [4.78, 5) is 39.9. The number of nitrogens with one attached hydrogen (secondary N) is 4. The Morgan fingerprint density at radius 1 is 0.788 bits per heavy atom. The highest BCUT2D eigenvalue weighted by Gasteiger charge is 2.16. The molecule has 0 atom stereocenters. The number of amides is 3. The van der Waals surface area contributed by atoms with Gasteiger partial charge in [0.2, 0.25) is 0 Å². The molecule has 4 rings (SSSR count). The first-order valence-electron chi connectivity index (χ1n) is 9.59. The lowest BCUT2D eigenvalue weighted by Gasteiger charge is -2.10. The Hall–Kier alpha value is -4.73. The average molecular weight is 450 g/mol. The van der Waals surface area contributed by atoms with Crippen molar-refractivity contribution in [3.8, 4) is 5.75 Å². The maximum atomic E-state index is 13.3. The van der Waals surface area contributed by atoms with Gasteiger partial charge in [-0.1, -0.05) is 18.2 Å². The van der Waals surface area contributed by atoms with Crippen LogP contribution in [0.5, 0.6) is 5.75 Å². The van der Waals surface area contributed by atoms with Crippen LogP contribution >= 0.6 is 0 Å². The second-order valence-corrected chi connectivity index (χ2v) is 7.00. The van der Waals surface area contributed by atoms with Crippen LogP contribution in [0, 0.1) is 11.6 Å². The van der Waals surface area contributed by atoms with E-state index in [0.29, 0.717) is 17.0 Å². The fraction of sp³-hybridized carbons (Fsp3) is 0. The summed E-state index contributed by atoms with van der Waals surface area (Å²) in [5.74, 6) is -4.49. The fourth-order valence-corrected chi connectivity index (χ4v) is 3.20. The van der Waals surface area contributed by atoms with Gasteiger partial charge in [0, 0.05) is 40.5 Å². The van der Waals surface area contributed by atoms with Crippen LogP contribution in [0.1, 0.15) is 31.1 Å². The Balaban J connectivity index is 1.41. The lowest BCUT2D eigenvalue weighted by atomic mass is 10.1. The Labute approximate surface area is 185 Å². The molecule has 3 amide bonds. The monoisotopic (exact) mass is 450 g/mol. The van der Waals surface area contributed by atoms with Gasteiger partial charge in [0.05, 0.1) is 11.1 Å². The summed E-state index contributed by atoms with van der Waals surface area (Å²) < 4.78 is 26.6. The van der Waals surface area contributed by atoms with Crippen molar-refractivity contribution in [3.63, 3.8) is 0 Å². The van der Waals surface area contributed by atoms with Crippen molar-refractivity contribution >= 4 is 34.3 Å². The summed E-state index contributed by atoms with van der Waals surface area (Å²) in [5, 5.41) is 13.2. The summed E-state index contributed by atoms with van der Waals surface area (Å²) in [6.07, 6.45) is 1.51. The van der Waals surface area contributed by atoms with Gasteiger partial charge in [-0.25, -0.2) is 8.78 Å². The molecule has 0 aliphatic carbocycles. The summed E-state index contributed by atoms with van der Waals surface area (Å²) in [5.41, 5.74) is 5.21. The van der Waals surface area contributed by atoms with Gasteiger partial charge < -0.3 is 15.4 Å². The van der Waals surface area contributed by atoms with Gasteiger partial charge in [-0.2, -0.15) is 0 Å². The number of halogens is 2. The number of aromatic hydroxyl groups is 1. The molecule has 1 heterocycles. The summed E-state index contributed by atoms with van der Waals surface area (Å²) in [7, 11) is 0. The van der Waals surface area contributed by atoms with Crippen molar-refractivity contribution in [3.05, 3.63) is 95.2 Å². The Morgan fingerprint density at radius 2 is 1.45 bits per heavy atom. The van der Waals surface area contributed by atoms with E-state index < -0.39 is 35.1 Å². The van der Waals surface area contributed by atoms with Gasteiger partial charge in [-0.05, 0) is 30.3 Å². The number of H-pyrrole nitrogens is 1. The van der Waals surface area contributed by atoms with Crippen molar-refractivity contribution in [2.45, 2.75) is 0 Å². The molecular formula is C23H16F2N4O4. The van der Waals surface area contributed by atoms with Crippen LogP contribution in [-0.4, -0.2) is 27.8 Å². The number of aromatic nitrogens is 1. The number of hydrogen-bond acceptors (Lipinski definition) is 4. The molecule has 33 heavy (non-hydrogen) atoms. The number of phenolic OH excluding ortho intramolecular Hbond substituents is 1. The minimum absolute atomic E-state index is 0.0848. The molecule has 0 spiro atoms. The molecule has 1 aromatic heterocycles. The van der Waals surface area contributed by atoms with E-state index in [0.717, 1.165) is 23.7 Å². The standard InChI is InChI=1S/C23H16F2N4O4/c24-13-7-12(8-14(25)9-13)21(31)27-15-5-6-17(20(30)10-15)22(32)28-29-23(33)18-11-26-19-4-2-1-3-16(18)19/h1-11,26,30H,(H,27,31)(H,28,32)(H,29,33). The SMILES string of the molecule is O=C(Nc1ccc(C(=O)NNC(=O)c2c[nH]c3ccccc23)c(O)c1)c1cc(F)cc(F)c1. The van der Waals surface area contributed by atoms with Crippen molar-refractivity contribution in [1.29, 1.82) is 0 Å². The topological polar surface area (TPSA) is 123 Å². The Kier molecular flexibility index (Phi) is 5.73. The minimum Gasteiger partial charge on any atom is -0.507 e. The fourth-order valence-electron chi connectivity index (χ4n) is 3.20. The molecule has 0 bridgehead atoms. The molecule has 0 radical (unpaired) electrons. The Bertz CT molecular complexity index is 1380. The van der Waals surface area contributed by atoms with Gasteiger partial charge in [0.1, 0.15) is 17.4 Å². The molecule has 0 saturated carbocycles. The highest BCUT2D eigenvalue weighted by Crippen LogP contribution is 2.23. The molecule has 8 nitrogen and oxygen atoms in total. The zero-order valence-corrected chi connectivity index (χ0v) is 16.8. The lowest BCUT2D eigenvalue weighted by Crippen LogP contribution is -2.41. The van der Waals surface area contributed by atoms with E-state index in [1.54, 1.807) is 18.2 Å². The minimum atomic E-state index is -0.912. The first kappa shape index (κ1) is 21.5. The van der Waals surface area contributed by atoms with E-state index in [4.69, 9.17) is 0 Å². The molecule has 0 unspecified atom stereocenters. The molecule has 0 fully saturated rings. The highest BCUT2D eigenvalue weighted by molar-refractivity contribution is 6.08. The molecule has 10 heteroatoms. The first-order chi connectivity index (χ1) is 15.8. The largest absolute Gasteiger partial charge is 0.507 e. The maximum Gasteiger partial charge on any atom is 0.273 e. The van der Waals surface area contributed by atoms with Gasteiger partial charge in [0.15, 0.2) is 0 Å².